The first-order chi connectivity index (χ1) is 12.1. The minimum atomic E-state index is -0.127. The van der Waals surface area contributed by atoms with Crippen molar-refractivity contribution in [1.29, 1.82) is 0 Å². The van der Waals surface area contributed by atoms with Crippen molar-refractivity contribution in [2.75, 3.05) is 6.61 Å². The lowest BCUT2D eigenvalue weighted by atomic mass is 9.85. The van der Waals surface area contributed by atoms with Crippen molar-refractivity contribution in [3.8, 4) is 11.4 Å². The normalized spacial score (nSPS) is 20.4. The fraction of sp³-hybridized carbons (Fsp3) is 0.471. The number of carbonyl (C=O) groups is 1. The predicted molar refractivity (Wildman–Crippen MR) is 98.8 cm³/mol. The molecule has 2 aromatic rings. The molecular formula is C17H21ClN4O2S. The third-order valence-corrected chi connectivity index (χ3v) is 5.22. The molecule has 0 unspecified atom stereocenters. The molecule has 25 heavy (non-hydrogen) atoms. The molecule has 1 aliphatic carbocycles. The van der Waals surface area contributed by atoms with Gasteiger partial charge in [-0.15, -0.1) is 0 Å². The van der Waals surface area contributed by atoms with Gasteiger partial charge in [-0.1, -0.05) is 24.4 Å². The smallest absolute Gasteiger partial charge is 0.240 e. The Morgan fingerprint density at radius 1 is 1.36 bits per heavy atom. The van der Waals surface area contributed by atoms with Gasteiger partial charge in [-0.3, -0.25) is 14.5 Å². The molecule has 8 heteroatoms. The highest BCUT2D eigenvalue weighted by Gasteiger charge is 2.26. The summed E-state index contributed by atoms with van der Waals surface area (Å²) in [6, 6.07) is 7.24. The Bertz CT molecular complexity index is 787. The van der Waals surface area contributed by atoms with E-state index in [1.54, 1.807) is 16.7 Å². The minimum absolute atomic E-state index is 0.0197. The number of benzene rings is 1. The minimum Gasteiger partial charge on any atom is -0.396 e. The lowest BCUT2D eigenvalue weighted by Gasteiger charge is -2.30. The highest BCUT2D eigenvalue weighted by Crippen LogP contribution is 2.24. The predicted octanol–water partition coefficient (Wildman–Crippen LogP) is 2.93. The third kappa shape index (κ3) is 4.29. The van der Waals surface area contributed by atoms with Crippen molar-refractivity contribution in [2.24, 2.45) is 5.92 Å². The number of aromatic nitrogens is 3. The van der Waals surface area contributed by atoms with E-state index < -0.39 is 0 Å². The first kappa shape index (κ1) is 18.1. The van der Waals surface area contributed by atoms with Crippen molar-refractivity contribution in [1.82, 2.24) is 20.1 Å². The summed E-state index contributed by atoms with van der Waals surface area (Å²) in [5, 5.41) is 20.1. The summed E-state index contributed by atoms with van der Waals surface area (Å²) in [5.41, 5.74) is 0.829. The summed E-state index contributed by atoms with van der Waals surface area (Å²) in [6.07, 6.45) is 4.02. The standard InChI is InChI=1S/C17H21ClN4O2S/c18-13-7-5-11(6-8-13)16-20-21-17(25)22(16)9-15(24)19-14-4-2-1-3-12(14)10-23/h5-8,12,14,23H,1-4,9-10H2,(H,19,24)(H,21,25)/t12-,14+/m0/s1. The van der Waals surface area contributed by atoms with Gasteiger partial charge in [0.25, 0.3) is 0 Å². The molecule has 6 nitrogen and oxygen atoms in total. The molecule has 1 aromatic heterocycles. The maximum Gasteiger partial charge on any atom is 0.240 e. The van der Waals surface area contributed by atoms with Gasteiger partial charge in [-0.05, 0) is 49.3 Å². The lowest BCUT2D eigenvalue weighted by Crippen LogP contribution is -2.44. The van der Waals surface area contributed by atoms with E-state index >= 15 is 0 Å². The lowest BCUT2D eigenvalue weighted by molar-refractivity contribution is -0.123. The summed E-state index contributed by atoms with van der Waals surface area (Å²) in [5.74, 6) is 0.600. The number of hydrogen-bond donors (Lipinski definition) is 3. The van der Waals surface area contributed by atoms with Crippen LogP contribution in [0, 0.1) is 10.7 Å². The fourth-order valence-corrected chi connectivity index (χ4v) is 3.62. The summed E-state index contributed by atoms with van der Waals surface area (Å²) in [6.45, 7) is 0.189. The Kier molecular flexibility index (Phi) is 5.88. The van der Waals surface area contributed by atoms with E-state index in [-0.39, 0.29) is 31.0 Å². The van der Waals surface area contributed by atoms with E-state index in [9.17, 15) is 9.90 Å². The van der Waals surface area contributed by atoms with Gasteiger partial charge in [0.15, 0.2) is 10.6 Å². The van der Waals surface area contributed by atoms with Crippen LogP contribution in [0.25, 0.3) is 11.4 Å². The monoisotopic (exact) mass is 380 g/mol. The molecule has 134 valence electrons. The SMILES string of the molecule is O=C(Cn1c(-c2ccc(Cl)cc2)n[nH]c1=S)N[C@@H]1CCCC[C@H]1CO. The number of aliphatic hydroxyl groups is 1. The summed E-state index contributed by atoms with van der Waals surface area (Å²) in [7, 11) is 0. The molecule has 3 N–H and O–H groups in total. The van der Waals surface area contributed by atoms with Crippen LogP contribution in [0.3, 0.4) is 0 Å². The number of amides is 1. The van der Waals surface area contributed by atoms with Crippen LogP contribution in [0.5, 0.6) is 0 Å². The second kappa shape index (κ2) is 8.12. The number of carbonyl (C=O) groups excluding carboxylic acids is 1. The largest absolute Gasteiger partial charge is 0.396 e. The fourth-order valence-electron chi connectivity index (χ4n) is 3.30. The molecule has 0 radical (unpaired) electrons. The van der Waals surface area contributed by atoms with Crippen molar-refractivity contribution in [3.63, 3.8) is 0 Å². The molecular weight excluding hydrogens is 360 g/mol. The molecule has 1 fully saturated rings. The van der Waals surface area contributed by atoms with E-state index in [1.165, 1.54) is 0 Å². The second-order valence-corrected chi connectivity index (χ2v) is 7.17. The number of H-pyrrole nitrogens is 1. The highest BCUT2D eigenvalue weighted by atomic mass is 35.5. The number of hydrogen-bond acceptors (Lipinski definition) is 4. The molecule has 0 saturated heterocycles. The van der Waals surface area contributed by atoms with Gasteiger partial charge in [0.2, 0.25) is 5.91 Å². The van der Waals surface area contributed by atoms with Gasteiger partial charge in [-0.25, -0.2) is 0 Å². The second-order valence-electron chi connectivity index (χ2n) is 6.35. The summed E-state index contributed by atoms with van der Waals surface area (Å²) in [4.78, 5) is 12.5. The molecule has 1 saturated carbocycles. The first-order valence-electron chi connectivity index (χ1n) is 8.40. The molecule has 1 heterocycles. The van der Waals surface area contributed by atoms with Gasteiger partial charge in [0, 0.05) is 29.2 Å². The van der Waals surface area contributed by atoms with E-state index in [0.29, 0.717) is 15.6 Å². The van der Waals surface area contributed by atoms with E-state index in [2.05, 4.69) is 15.5 Å². The third-order valence-electron chi connectivity index (χ3n) is 4.65. The number of nitrogens with one attached hydrogen (secondary N) is 2. The quantitative estimate of drug-likeness (QED) is 0.696. The van der Waals surface area contributed by atoms with Crippen LogP contribution >= 0.6 is 23.8 Å². The van der Waals surface area contributed by atoms with E-state index in [0.717, 1.165) is 31.2 Å². The number of rotatable bonds is 5. The van der Waals surface area contributed by atoms with Crippen LogP contribution in [0.4, 0.5) is 0 Å². The van der Waals surface area contributed by atoms with Gasteiger partial charge in [0.05, 0.1) is 0 Å². The van der Waals surface area contributed by atoms with Gasteiger partial charge >= 0.3 is 0 Å². The van der Waals surface area contributed by atoms with Crippen LogP contribution in [0.1, 0.15) is 25.7 Å². The maximum absolute atomic E-state index is 12.5. The highest BCUT2D eigenvalue weighted by molar-refractivity contribution is 7.71. The van der Waals surface area contributed by atoms with Gasteiger partial charge in [0.1, 0.15) is 6.54 Å². The molecule has 1 aromatic carbocycles. The van der Waals surface area contributed by atoms with Crippen LogP contribution < -0.4 is 5.32 Å². The summed E-state index contributed by atoms with van der Waals surface area (Å²) < 4.78 is 2.06. The Morgan fingerprint density at radius 2 is 2.08 bits per heavy atom. The Morgan fingerprint density at radius 3 is 2.80 bits per heavy atom. The number of nitrogens with zero attached hydrogens (tertiary/aromatic N) is 2. The topological polar surface area (TPSA) is 82.9 Å². The molecule has 0 bridgehead atoms. The van der Waals surface area contributed by atoms with Crippen LogP contribution in [0.2, 0.25) is 5.02 Å². The van der Waals surface area contributed by atoms with Gasteiger partial charge in [-0.2, -0.15) is 5.10 Å². The molecule has 1 aliphatic rings. The zero-order valence-electron chi connectivity index (χ0n) is 13.7. The van der Waals surface area contributed by atoms with Crippen molar-refractivity contribution in [3.05, 3.63) is 34.1 Å². The molecule has 1 amide bonds. The van der Waals surface area contributed by atoms with Gasteiger partial charge < -0.3 is 10.4 Å². The first-order valence-corrected chi connectivity index (χ1v) is 9.18. The van der Waals surface area contributed by atoms with E-state index in [1.807, 2.05) is 12.1 Å². The Labute approximate surface area is 156 Å². The molecule has 0 spiro atoms. The Balaban J connectivity index is 1.74. The Hall–Kier alpha value is -1.70. The number of aromatic amines is 1. The average Bonchev–Trinajstić information content (AvgIpc) is 2.97. The van der Waals surface area contributed by atoms with Crippen LogP contribution in [0.15, 0.2) is 24.3 Å². The molecule has 2 atom stereocenters. The van der Waals surface area contributed by atoms with Crippen LogP contribution in [-0.2, 0) is 11.3 Å². The number of aliphatic hydroxyl groups excluding tert-OH is 1. The molecule has 3 rings (SSSR count). The van der Waals surface area contributed by atoms with Crippen molar-refractivity contribution < 1.29 is 9.90 Å². The number of halogens is 1. The zero-order valence-corrected chi connectivity index (χ0v) is 15.3. The van der Waals surface area contributed by atoms with Crippen molar-refractivity contribution in [2.45, 2.75) is 38.3 Å². The maximum atomic E-state index is 12.5. The van der Waals surface area contributed by atoms with Crippen LogP contribution in [-0.4, -0.2) is 38.4 Å². The molecule has 0 aliphatic heterocycles. The summed E-state index contributed by atoms with van der Waals surface area (Å²) >= 11 is 11.2. The van der Waals surface area contributed by atoms with E-state index in [4.69, 9.17) is 23.8 Å². The zero-order chi connectivity index (χ0) is 17.8. The van der Waals surface area contributed by atoms with Crippen molar-refractivity contribution >= 4 is 29.7 Å². The average molecular weight is 381 g/mol.